The molecule has 0 atom stereocenters. The van der Waals surface area contributed by atoms with Gasteiger partial charge in [0.15, 0.2) is 0 Å². The van der Waals surface area contributed by atoms with Gasteiger partial charge in [0, 0.05) is 21.6 Å². The lowest BCUT2D eigenvalue weighted by molar-refractivity contribution is 1.02. The smallest absolute Gasteiger partial charge is 0.0541 e. The first kappa shape index (κ1) is 15.2. The van der Waals surface area contributed by atoms with E-state index >= 15 is 0 Å². The van der Waals surface area contributed by atoms with Crippen molar-refractivity contribution in [2.75, 3.05) is 0 Å². The van der Waals surface area contributed by atoms with E-state index in [2.05, 4.69) is 96.4 Å². The molecule has 0 radical (unpaired) electrons. The molecular weight excluding hydrogens is 314 g/mol. The van der Waals surface area contributed by atoms with Crippen LogP contribution >= 0.6 is 0 Å². The maximum atomic E-state index is 2.40. The van der Waals surface area contributed by atoms with Crippen molar-refractivity contribution in [2.24, 2.45) is 0 Å². The molecule has 1 heteroatoms. The highest BCUT2D eigenvalue weighted by atomic mass is 15.0. The number of aryl methyl sites for hydroxylation is 1. The van der Waals surface area contributed by atoms with Crippen molar-refractivity contribution >= 4 is 23.1 Å². The molecule has 0 unspecified atom stereocenters. The Morgan fingerprint density at radius 1 is 0.731 bits per heavy atom. The zero-order chi connectivity index (χ0) is 17.5. The van der Waals surface area contributed by atoms with Gasteiger partial charge in [-0.1, -0.05) is 66.2 Å². The third kappa shape index (κ3) is 2.40. The van der Waals surface area contributed by atoms with Crippen molar-refractivity contribution in [3.05, 3.63) is 88.9 Å². The summed E-state index contributed by atoms with van der Waals surface area (Å²) >= 11 is 0. The monoisotopic (exact) mass is 335 g/mol. The molecule has 1 aliphatic carbocycles. The lowest BCUT2D eigenvalue weighted by Crippen LogP contribution is -2.30. The summed E-state index contributed by atoms with van der Waals surface area (Å²) in [7, 11) is 0. The van der Waals surface area contributed by atoms with E-state index in [0.717, 1.165) is 12.8 Å². The number of hydrogen-bond donors (Lipinski definition) is 0. The first-order valence-corrected chi connectivity index (χ1v) is 9.28. The minimum absolute atomic E-state index is 1.11. The second-order valence-electron chi connectivity index (χ2n) is 7.05. The van der Waals surface area contributed by atoms with Crippen LogP contribution in [0.1, 0.15) is 18.4 Å². The van der Waals surface area contributed by atoms with E-state index in [0.29, 0.717) is 0 Å². The molecule has 1 heterocycles. The Kier molecular flexibility index (Phi) is 3.53. The Morgan fingerprint density at radius 3 is 2.27 bits per heavy atom. The van der Waals surface area contributed by atoms with Gasteiger partial charge in [-0.15, -0.1) is 0 Å². The number of para-hydroxylation sites is 1. The predicted molar refractivity (Wildman–Crippen MR) is 111 cm³/mol. The van der Waals surface area contributed by atoms with Crippen molar-refractivity contribution in [3.8, 4) is 16.8 Å². The highest BCUT2D eigenvalue weighted by molar-refractivity contribution is 5.88. The molecule has 0 amide bonds. The number of benzene rings is 3. The molecule has 0 spiro atoms. The summed E-state index contributed by atoms with van der Waals surface area (Å²) in [6, 6.07) is 26.4. The molecule has 0 aliphatic heterocycles. The van der Waals surface area contributed by atoms with Gasteiger partial charge in [0.1, 0.15) is 0 Å². The second-order valence-corrected chi connectivity index (χ2v) is 7.05. The standard InChI is InChI=1S/C25H21N/c1-18-11-13-19(14-12-18)20-15-16-25-23(17-20)22-9-5-6-10-24(22)26(25)21-7-3-2-4-8-21/h2-4,7-17H,5-6H2,1H3. The Balaban J connectivity index is 1.82. The number of rotatable bonds is 2. The van der Waals surface area contributed by atoms with Crippen LogP contribution in [0, 0.1) is 6.92 Å². The summed E-state index contributed by atoms with van der Waals surface area (Å²) in [4.78, 5) is 0. The highest BCUT2D eigenvalue weighted by Gasteiger charge is 2.12. The van der Waals surface area contributed by atoms with Gasteiger partial charge >= 0.3 is 0 Å². The first-order valence-electron chi connectivity index (χ1n) is 9.28. The van der Waals surface area contributed by atoms with Gasteiger partial charge in [-0.25, -0.2) is 0 Å². The lowest BCUT2D eigenvalue weighted by Gasteiger charge is -2.08. The third-order valence-electron chi connectivity index (χ3n) is 5.30. The Bertz CT molecular complexity index is 1210. The predicted octanol–water partition coefficient (Wildman–Crippen LogP) is 4.96. The van der Waals surface area contributed by atoms with Crippen LogP contribution in [0.2, 0.25) is 0 Å². The topological polar surface area (TPSA) is 4.93 Å². The third-order valence-corrected chi connectivity index (χ3v) is 5.30. The number of aromatic nitrogens is 1. The summed E-state index contributed by atoms with van der Waals surface area (Å²) in [5.74, 6) is 0. The summed E-state index contributed by atoms with van der Waals surface area (Å²) < 4.78 is 2.40. The summed E-state index contributed by atoms with van der Waals surface area (Å²) in [6.45, 7) is 2.13. The first-order chi connectivity index (χ1) is 12.8. The fourth-order valence-corrected chi connectivity index (χ4v) is 3.98. The average Bonchev–Trinajstić information content (AvgIpc) is 3.03. The molecule has 4 aromatic rings. The van der Waals surface area contributed by atoms with E-state index < -0.39 is 0 Å². The van der Waals surface area contributed by atoms with E-state index in [-0.39, 0.29) is 0 Å². The molecule has 0 saturated heterocycles. The molecule has 126 valence electrons. The van der Waals surface area contributed by atoms with E-state index in [9.17, 15) is 0 Å². The van der Waals surface area contributed by atoms with E-state index in [1.54, 1.807) is 0 Å². The second kappa shape index (κ2) is 6.03. The van der Waals surface area contributed by atoms with Gasteiger partial charge in [0.05, 0.1) is 5.52 Å². The average molecular weight is 335 g/mol. The van der Waals surface area contributed by atoms with Crippen LogP contribution in [0.15, 0.2) is 72.8 Å². The Labute approximate surface area is 153 Å². The van der Waals surface area contributed by atoms with Crippen molar-refractivity contribution in [1.29, 1.82) is 0 Å². The summed E-state index contributed by atoms with van der Waals surface area (Å²) in [6.07, 6.45) is 7.01. The van der Waals surface area contributed by atoms with Gasteiger partial charge in [-0.3, -0.25) is 0 Å². The molecular formula is C25H21N. The molecule has 0 fully saturated rings. The zero-order valence-electron chi connectivity index (χ0n) is 14.9. The molecule has 0 saturated carbocycles. The van der Waals surface area contributed by atoms with Crippen molar-refractivity contribution in [2.45, 2.75) is 19.8 Å². The summed E-state index contributed by atoms with van der Waals surface area (Å²) in [5.41, 5.74) is 6.37. The maximum absolute atomic E-state index is 2.40. The largest absolute Gasteiger partial charge is 0.310 e. The van der Waals surface area contributed by atoms with Crippen LogP contribution in [-0.2, 0) is 0 Å². The van der Waals surface area contributed by atoms with Crippen molar-refractivity contribution < 1.29 is 0 Å². The van der Waals surface area contributed by atoms with Crippen LogP contribution in [0.4, 0.5) is 0 Å². The van der Waals surface area contributed by atoms with Crippen LogP contribution < -0.4 is 10.6 Å². The van der Waals surface area contributed by atoms with Crippen LogP contribution in [-0.4, -0.2) is 4.57 Å². The van der Waals surface area contributed by atoms with E-state index in [1.807, 2.05) is 0 Å². The molecule has 0 bridgehead atoms. The van der Waals surface area contributed by atoms with Crippen LogP contribution in [0.3, 0.4) is 0 Å². The van der Waals surface area contributed by atoms with Crippen LogP contribution in [0.5, 0.6) is 0 Å². The minimum atomic E-state index is 1.11. The molecule has 26 heavy (non-hydrogen) atoms. The zero-order valence-corrected chi connectivity index (χ0v) is 14.9. The van der Waals surface area contributed by atoms with Crippen LogP contribution in [0.25, 0.3) is 39.9 Å². The van der Waals surface area contributed by atoms with Gasteiger partial charge < -0.3 is 4.57 Å². The van der Waals surface area contributed by atoms with Gasteiger partial charge in [0.25, 0.3) is 0 Å². The molecule has 1 aliphatic rings. The minimum Gasteiger partial charge on any atom is -0.310 e. The van der Waals surface area contributed by atoms with E-state index in [1.165, 1.54) is 43.8 Å². The lowest BCUT2D eigenvalue weighted by atomic mass is 10.0. The van der Waals surface area contributed by atoms with Gasteiger partial charge in [-0.2, -0.15) is 0 Å². The fourth-order valence-electron chi connectivity index (χ4n) is 3.98. The van der Waals surface area contributed by atoms with Crippen molar-refractivity contribution in [3.63, 3.8) is 0 Å². The summed E-state index contributed by atoms with van der Waals surface area (Å²) in [5, 5.41) is 4.06. The quantitative estimate of drug-likeness (QED) is 0.488. The molecule has 5 rings (SSSR count). The molecule has 1 nitrogen and oxygen atoms in total. The molecule has 3 aromatic carbocycles. The van der Waals surface area contributed by atoms with Crippen molar-refractivity contribution in [1.82, 2.24) is 4.57 Å². The SMILES string of the molecule is Cc1ccc(-c2ccc3c(c2)c2c(n3-c3ccccc3)=CCCC=2)cc1. The fraction of sp³-hybridized carbons (Fsp3) is 0.120. The Hall–Kier alpha value is -3.06. The normalized spacial score (nSPS) is 13.1. The highest BCUT2D eigenvalue weighted by Crippen LogP contribution is 2.25. The number of nitrogens with zero attached hydrogens (tertiary/aromatic N) is 1. The molecule has 0 N–H and O–H groups in total. The van der Waals surface area contributed by atoms with Gasteiger partial charge in [0.2, 0.25) is 0 Å². The molecule has 1 aromatic heterocycles. The Morgan fingerprint density at radius 2 is 1.46 bits per heavy atom. The van der Waals surface area contributed by atoms with Gasteiger partial charge in [-0.05, 0) is 55.2 Å². The number of hydrogen-bond acceptors (Lipinski definition) is 0. The number of fused-ring (bicyclic) bond motifs is 3. The maximum Gasteiger partial charge on any atom is 0.0541 e. The van der Waals surface area contributed by atoms with E-state index in [4.69, 9.17) is 0 Å².